The summed E-state index contributed by atoms with van der Waals surface area (Å²) < 4.78 is 23.4. The first-order valence-electron chi connectivity index (χ1n) is 13.0. The number of nitrogens with zero attached hydrogens (tertiary/aromatic N) is 2. The maximum Gasteiger partial charge on any atom is 0.200 e. The summed E-state index contributed by atoms with van der Waals surface area (Å²) >= 11 is 1.73. The molecule has 1 aromatic heterocycles. The number of hydrogen-bond acceptors (Lipinski definition) is 8. The van der Waals surface area contributed by atoms with Crippen LogP contribution >= 0.6 is 11.8 Å². The molecule has 0 radical (unpaired) electrons. The first-order valence-corrected chi connectivity index (χ1v) is 13.8. The summed E-state index contributed by atoms with van der Waals surface area (Å²) in [6.45, 7) is 9.09. The molecule has 2 aromatic carbocycles. The summed E-state index contributed by atoms with van der Waals surface area (Å²) in [6.07, 6.45) is 0.815. The van der Waals surface area contributed by atoms with E-state index in [1.54, 1.807) is 23.9 Å². The molecule has 4 heterocycles. The topological polar surface area (TPSA) is 64.4 Å². The summed E-state index contributed by atoms with van der Waals surface area (Å²) in [5.41, 5.74) is 3.40. The first-order chi connectivity index (χ1) is 18.1. The maximum absolute atomic E-state index is 12.6. The number of hydrogen-bond donors (Lipinski definition) is 0. The van der Waals surface area contributed by atoms with Crippen LogP contribution in [0.3, 0.4) is 0 Å². The van der Waals surface area contributed by atoms with E-state index in [4.69, 9.17) is 18.6 Å². The molecule has 3 aromatic rings. The normalized spacial score (nSPS) is 18.7. The van der Waals surface area contributed by atoms with Crippen LogP contribution < -0.4 is 15.1 Å². The van der Waals surface area contributed by atoms with Gasteiger partial charge >= 0.3 is 0 Å². The van der Waals surface area contributed by atoms with Gasteiger partial charge in [-0.3, -0.25) is 9.69 Å². The maximum atomic E-state index is 12.6. The van der Waals surface area contributed by atoms with Gasteiger partial charge in [0, 0.05) is 59.7 Å². The van der Waals surface area contributed by atoms with Crippen molar-refractivity contribution in [3.8, 4) is 17.1 Å². The summed E-state index contributed by atoms with van der Waals surface area (Å²) in [4.78, 5) is 19.4. The lowest BCUT2D eigenvalue weighted by atomic mass is 10.0. The summed E-state index contributed by atoms with van der Waals surface area (Å²) in [6, 6.07) is 16.2. The number of rotatable bonds is 6. The molecule has 0 N–H and O–H groups in total. The molecule has 2 saturated heterocycles. The Balaban J connectivity index is 1.21. The number of benzene rings is 2. The Labute approximate surface area is 221 Å². The van der Waals surface area contributed by atoms with Gasteiger partial charge in [-0.1, -0.05) is 30.0 Å². The van der Waals surface area contributed by atoms with Crippen LogP contribution in [0.4, 0.5) is 5.88 Å². The van der Waals surface area contributed by atoms with E-state index < -0.39 is 0 Å². The molecule has 7 nitrogen and oxygen atoms in total. The van der Waals surface area contributed by atoms with Gasteiger partial charge in [-0.05, 0) is 42.7 Å². The summed E-state index contributed by atoms with van der Waals surface area (Å²) in [5, 5.41) is 0. The molecule has 0 unspecified atom stereocenters. The fourth-order valence-corrected chi connectivity index (χ4v) is 6.28. The van der Waals surface area contributed by atoms with Crippen LogP contribution in [0.1, 0.15) is 18.1 Å². The van der Waals surface area contributed by atoms with Crippen LogP contribution in [0, 0.1) is 0 Å². The lowest BCUT2D eigenvalue weighted by Gasteiger charge is -2.32. The highest BCUT2D eigenvalue weighted by atomic mass is 32.2. The Kier molecular flexibility index (Phi) is 7.24. The van der Waals surface area contributed by atoms with Gasteiger partial charge in [-0.15, -0.1) is 0 Å². The molecule has 0 bridgehead atoms. The lowest BCUT2D eigenvalue weighted by molar-refractivity contribution is 0.0105. The van der Waals surface area contributed by atoms with Crippen molar-refractivity contribution in [3.63, 3.8) is 0 Å². The quantitative estimate of drug-likeness (QED) is 0.373. The minimum atomic E-state index is -0.0466. The third-order valence-electron chi connectivity index (χ3n) is 7.22. The van der Waals surface area contributed by atoms with E-state index in [0.29, 0.717) is 37.5 Å². The molecule has 194 valence electrons. The highest BCUT2D eigenvalue weighted by molar-refractivity contribution is 7.99. The first kappa shape index (κ1) is 24.6. The Bertz CT molecular complexity index is 1310. The molecular weight excluding hydrogens is 488 g/mol. The molecular formula is C29H32N2O5S. The fourth-order valence-electron chi connectivity index (χ4n) is 5.11. The molecule has 1 atom stereocenters. The Morgan fingerprint density at radius 1 is 0.946 bits per heavy atom. The van der Waals surface area contributed by atoms with E-state index in [1.807, 2.05) is 12.1 Å². The Morgan fingerprint density at radius 3 is 2.54 bits per heavy atom. The van der Waals surface area contributed by atoms with Crippen molar-refractivity contribution < 1.29 is 18.6 Å². The molecule has 0 aliphatic carbocycles. The average Bonchev–Trinajstić information content (AvgIpc) is 2.95. The van der Waals surface area contributed by atoms with Gasteiger partial charge < -0.3 is 23.5 Å². The van der Waals surface area contributed by atoms with Crippen LogP contribution in [-0.2, 0) is 15.9 Å². The minimum Gasteiger partial charge on any atom is -0.492 e. The monoisotopic (exact) mass is 520 g/mol. The molecule has 3 aliphatic heterocycles. The third kappa shape index (κ3) is 5.43. The zero-order chi connectivity index (χ0) is 25.2. The van der Waals surface area contributed by atoms with E-state index >= 15 is 0 Å². The highest BCUT2D eigenvalue weighted by Gasteiger charge is 2.23. The second-order valence-corrected chi connectivity index (χ2v) is 10.8. The molecule has 0 amide bonds. The van der Waals surface area contributed by atoms with E-state index in [9.17, 15) is 4.79 Å². The van der Waals surface area contributed by atoms with Crippen molar-refractivity contribution in [2.45, 2.75) is 29.2 Å². The van der Waals surface area contributed by atoms with Crippen LogP contribution in [0.25, 0.3) is 11.3 Å². The van der Waals surface area contributed by atoms with Gasteiger partial charge in [0.2, 0.25) is 0 Å². The smallest absolute Gasteiger partial charge is 0.200 e. The molecule has 2 fully saturated rings. The summed E-state index contributed by atoms with van der Waals surface area (Å²) in [7, 11) is 0. The summed E-state index contributed by atoms with van der Waals surface area (Å²) in [5.74, 6) is 2.12. The second kappa shape index (κ2) is 10.9. The predicted octanol–water partition coefficient (Wildman–Crippen LogP) is 4.30. The lowest BCUT2D eigenvalue weighted by Crippen LogP contribution is -2.44. The standard InChI is InChI=1S/C29H32N2O5S/c1-20(30-7-11-33-12-8-30)19-35-24-5-6-27-22(16-24)15-21-3-2-4-25(29(21)37-27)26-17-23(32)18-28(36-26)31-9-13-34-14-10-31/h2-6,16-18,20H,7-15,19H2,1H3/t20-/m0/s1. The fraction of sp³-hybridized carbons (Fsp3) is 0.414. The average molecular weight is 521 g/mol. The molecule has 0 saturated carbocycles. The minimum absolute atomic E-state index is 0.0466. The van der Waals surface area contributed by atoms with Gasteiger partial charge in [0.25, 0.3) is 0 Å². The van der Waals surface area contributed by atoms with Crippen molar-refractivity contribution in [2.75, 3.05) is 64.1 Å². The number of fused-ring (bicyclic) bond motifs is 2. The molecule has 0 spiro atoms. The van der Waals surface area contributed by atoms with E-state index in [2.05, 4.69) is 41.0 Å². The molecule has 6 rings (SSSR count). The van der Waals surface area contributed by atoms with Crippen molar-refractivity contribution in [1.82, 2.24) is 4.90 Å². The van der Waals surface area contributed by atoms with Gasteiger partial charge in [0.05, 0.1) is 26.4 Å². The Hall–Kier alpha value is -2.78. The zero-order valence-corrected chi connectivity index (χ0v) is 21.9. The largest absolute Gasteiger partial charge is 0.492 e. The van der Waals surface area contributed by atoms with Crippen molar-refractivity contribution in [2.24, 2.45) is 0 Å². The van der Waals surface area contributed by atoms with Crippen LogP contribution in [0.2, 0.25) is 0 Å². The molecule has 37 heavy (non-hydrogen) atoms. The SMILES string of the molecule is C[C@@H](COc1ccc2c(c1)Cc1cccc(-c3cc(=O)cc(N4CCOCC4)o3)c1S2)N1CCOCC1. The van der Waals surface area contributed by atoms with Crippen LogP contribution in [0.5, 0.6) is 5.75 Å². The highest BCUT2D eigenvalue weighted by Crippen LogP contribution is 2.45. The number of ether oxygens (including phenoxy) is 3. The van der Waals surface area contributed by atoms with Crippen molar-refractivity contribution >= 4 is 17.6 Å². The van der Waals surface area contributed by atoms with Crippen molar-refractivity contribution in [3.05, 3.63) is 69.9 Å². The van der Waals surface area contributed by atoms with Gasteiger partial charge in [-0.25, -0.2) is 0 Å². The number of anilines is 1. The van der Waals surface area contributed by atoms with E-state index in [1.165, 1.54) is 16.0 Å². The second-order valence-electron chi connectivity index (χ2n) is 9.75. The molecule has 8 heteroatoms. The van der Waals surface area contributed by atoms with E-state index in [-0.39, 0.29) is 5.43 Å². The third-order valence-corrected chi connectivity index (χ3v) is 8.53. The molecule has 3 aliphatic rings. The van der Waals surface area contributed by atoms with E-state index in [0.717, 1.165) is 62.0 Å². The zero-order valence-electron chi connectivity index (χ0n) is 21.1. The van der Waals surface area contributed by atoms with Crippen LogP contribution in [0.15, 0.2) is 67.5 Å². The van der Waals surface area contributed by atoms with Gasteiger partial charge in [0.15, 0.2) is 11.3 Å². The van der Waals surface area contributed by atoms with Gasteiger partial charge in [-0.2, -0.15) is 0 Å². The van der Waals surface area contributed by atoms with Gasteiger partial charge in [0.1, 0.15) is 18.1 Å². The Morgan fingerprint density at radius 2 is 1.73 bits per heavy atom. The van der Waals surface area contributed by atoms with Crippen molar-refractivity contribution in [1.29, 1.82) is 0 Å². The predicted molar refractivity (Wildman–Crippen MR) is 144 cm³/mol. The number of morpholine rings is 2. The van der Waals surface area contributed by atoms with Crippen LogP contribution in [-0.4, -0.2) is 70.2 Å².